The predicted octanol–water partition coefficient (Wildman–Crippen LogP) is 3.48. The van der Waals surface area contributed by atoms with E-state index in [9.17, 15) is 4.79 Å². The summed E-state index contributed by atoms with van der Waals surface area (Å²) in [5.41, 5.74) is 2.65. The molecule has 26 heavy (non-hydrogen) atoms. The molecule has 1 aliphatic carbocycles. The molecule has 5 heteroatoms. The largest absolute Gasteiger partial charge is 0.385 e. The zero-order chi connectivity index (χ0) is 18.4. The number of nitrogens with zero attached hydrogens (tertiary/aromatic N) is 1. The van der Waals surface area contributed by atoms with E-state index in [0.717, 1.165) is 64.8 Å². The maximum atomic E-state index is 13.1. The van der Waals surface area contributed by atoms with Crippen molar-refractivity contribution in [3.8, 4) is 0 Å². The Balaban J connectivity index is 1.72. The summed E-state index contributed by atoms with van der Waals surface area (Å²) in [7, 11) is 1.75. The summed E-state index contributed by atoms with van der Waals surface area (Å²) in [5, 5.41) is 3.39. The summed E-state index contributed by atoms with van der Waals surface area (Å²) in [4.78, 5) is 16.6. The Kier molecular flexibility index (Phi) is 7.41. The Hall–Kier alpha value is -1.04. The van der Waals surface area contributed by atoms with E-state index in [1.165, 1.54) is 16.0 Å². The Morgan fingerprint density at radius 1 is 1.35 bits per heavy atom. The van der Waals surface area contributed by atoms with Crippen molar-refractivity contribution in [2.45, 2.75) is 56.0 Å². The third-order valence-electron chi connectivity index (χ3n) is 5.42. The van der Waals surface area contributed by atoms with E-state index < -0.39 is 0 Å². The molecule has 0 aromatic heterocycles. The SMILES string of the molecule is COCCCc1ccc(SC)c(CN(C(=O)C2CCCNC2)C2CC2)c1. The standard InChI is InChI=1S/C21H32N2O2S/c1-25-12-4-5-16-7-10-20(26-2)18(13-16)15-23(19-8-9-19)21(24)17-6-3-11-22-14-17/h7,10,13,17,19,22H,3-6,8-9,11-12,14-15H2,1-2H3. The van der Waals surface area contributed by atoms with Crippen LogP contribution >= 0.6 is 11.8 Å². The van der Waals surface area contributed by atoms with Crippen LogP contribution in [0.2, 0.25) is 0 Å². The fourth-order valence-corrected chi connectivity index (χ4v) is 4.38. The zero-order valence-corrected chi connectivity index (χ0v) is 16.9. The highest BCUT2D eigenvalue weighted by molar-refractivity contribution is 7.98. The lowest BCUT2D eigenvalue weighted by Gasteiger charge is -2.30. The molecule has 1 saturated carbocycles. The Labute approximate surface area is 162 Å². The molecule has 1 saturated heterocycles. The van der Waals surface area contributed by atoms with Gasteiger partial charge in [0.25, 0.3) is 0 Å². The van der Waals surface area contributed by atoms with Crippen LogP contribution in [0.5, 0.6) is 0 Å². The fraction of sp³-hybridized carbons (Fsp3) is 0.667. The smallest absolute Gasteiger partial charge is 0.227 e. The van der Waals surface area contributed by atoms with Gasteiger partial charge in [-0.1, -0.05) is 12.1 Å². The monoisotopic (exact) mass is 376 g/mol. The number of piperidine rings is 1. The van der Waals surface area contributed by atoms with Gasteiger partial charge in [-0.15, -0.1) is 11.8 Å². The lowest BCUT2D eigenvalue weighted by atomic mass is 9.97. The van der Waals surface area contributed by atoms with E-state index in [4.69, 9.17) is 4.74 Å². The van der Waals surface area contributed by atoms with Crippen molar-refractivity contribution in [1.82, 2.24) is 10.2 Å². The predicted molar refractivity (Wildman–Crippen MR) is 108 cm³/mol. The first-order chi connectivity index (χ1) is 12.7. The highest BCUT2D eigenvalue weighted by Gasteiger charge is 2.36. The molecule has 1 atom stereocenters. The lowest BCUT2D eigenvalue weighted by Crippen LogP contribution is -2.43. The molecule has 0 spiro atoms. The van der Waals surface area contributed by atoms with Crippen LogP contribution in [0.25, 0.3) is 0 Å². The summed E-state index contributed by atoms with van der Waals surface area (Å²) in [5.74, 6) is 0.517. The summed E-state index contributed by atoms with van der Waals surface area (Å²) in [6.07, 6.45) is 8.65. The molecule has 1 N–H and O–H groups in total. The molecular weight excluding hydrogens is 344 g/mol. The number of thioether (sulfide) groups is 1. The van der Waals surface area contributed by atoms with Crippen LogP contribution in [0.15, 0.2) is 23.1 Å². The maximum Gasteiger partial charge on any atom is 0.227 e. The number of carbonyl (C=O) groups is 1. The number of aryl methyl sites for hydroxylation is 1. The van der Waals surface area contributed by atoms with Gasteiger partial charge in [-0.3, -0.25) is 4.79 Å². The number of hydrogen-bond donors (Lipinski definition) is 1. The second kappa shape index (κ2) is 9.77. The molecule has 1 aliphatic heterocycles. The molecule has 1 aromatic carbocycles. The van der Waals surface area contributed by atoms with Crippen LogP contribution < -0.4 is 5.32 Å². The second-order valence-electron chi connectivity index (χ2n) is 7.48. The minimum Gasteiger partial charge on any atom is -0.385 e. The molecule has 2 aliphatic rings. The van der Waals surface area contributed by atoms with E-state index in [1.807, 2.05) is 0 Å². The number of amides is 1. The highest BCUT2D eigenvalue weighted by Crippen LogP contribution is 2.33. The van der Waals surface area contributed by atoms with Gasteiger partial charge in [-0.25, -0.2) is 0 Å². The van der Waals surface area contributed by atoms with Crippen molar-refractivity contribution in [3.05, 3.63) is 29.3 Å². The van der Waals surface area contributed by atoms with Crippen molar-refractivity contribution in [2.24, 2.45) is 5.92 Å². The Morgan fingerprint density at radius 3 is 2.85 bits per heavy atom. The Morgan fingerprint density at radius 2 is 2.19 bits per heavy atom. The molecule has 0 radical (unpaired) electrons. The van der Waals surface area contributed by atoms with E-state index in [1.54, 1.807) is 18.9 Å². The molecule has 3 rings (SSSR count). The number of hydrogen-bond acceptors (Lipinski definition) is 4. The fourth-order valence-electron chi connectivity index (χ4n) is 3.79. The maximum absolute atomic E-state index is 13.1. The van der Waals surface area contributed by atoms with Crippen LogP contribution in [0, 0.1) is 5.92 Å². The molecule has 2 fully saturated rings. The normalized spacial score (nSPS) is 20.2. The van der Waals surface area contributed by atoms with E-state index in [2.05, 4.69) is 34.7 Å². The van der Waals surface area contributed by atoms with Gasteiger partial charge in [0.15, 0.2) is 0 Å². The molecule has 1 aromatic rings. The third-order valence-corrected chi connectivity index (χ3v) is 6.25. The molecule has 0 bridgehead atoms. The van der Waals surface area contributed by atoms with Gasteiger partial charge < -0.3 is 15.0 Å². The lowest BCUT2D eigenvalue weighted by molar-refractivity contribution is -0.137. The summed E-state index contributed by atoms with van der Waals surface area (Å²) >= 11 is 1.78. The van der Waals surface area contributed by atoms with Crippen LogP contribution in [0.3, 0.4) is 0 Å². The third kappa shape index (κ3) is 5.24. The summed E-state index contributed by atoms with van der Waals surface area (Å²) in [6, 6.07) is 7.21. The van der Waals surface area contributed by atoms with E-state index in [0.29, 0.717) is 11.9 Å². The first-order valence-corrected chi connectivity index (χ1v) is 11.1. The van der Waals surface area contributed by atoms with Crippen molar-refractivity contribution >= 4 is 17.7 Å². The topological polar surface area (TPSA) is 41.6 Å². The average molecular weight is 377 g/mol. The minimum absolute atomic E-state index is 0.159. The number of rotatable bonds is 9. The number of nitrogens with one attached hydrogen (secondary N) is 1. The van der Waals surface area contributed by atoms with Gasteiger partial charge in [0.05, 0.1) is 5.92 Å². The summed E-state index contributed by atoms with van der Waals surface area (Å²) < 4.78 is 5.18. The number of carbonyl (C=O) groups excluding carboxylic acids is 1. The van der Waals surface area contributed by atoms with Gasteiger partial charge >= 0.3 is 0 Å². The second-order valence-corrected chi connectivity index (χ2v) is 8.33. The van der Waals surface area contributed by atoms with Crippen LogP contribution in [-0.2, 0) is 22.5 Å². The average Bonchev–Trinajstić information content (AvgIpc) is 3.52. The summed E-state index contributed by atoms with van der Waals surface area (Å²) in [6.45, 7) is 3.44. The number of methoxy groups -OCH3 is 1. The first-order valence-electron chi connectivity index (χ1n) is 9.89. The Bertz CT molecular complexity index is 598. The van der Waals surface area contributed by atoms with Crippen molar-refractivity contribution < 1.29 is 9.53 Å². The molecule has 144 valence electrons. The highest BCUT2D eigenvalue weighted by atomic mass is 32.2. The quantitative estimate of drug-likeness (QED) is 0.529. The van der Waals surface area contributed by atoms with Gasteiger partial charge in [0.2, 0.25) is 5.91 Å². The van der Waals surface area contributed by atoms with Crippen LogP contribution in [-0.4, -0.2) is 49.9 Å². The van der Waals surface area contributed by atoms with E-state index >= 15 is 0 Å². The van der Waals surface area contributed by atoms with Gasteiger partial charge in [-0.2, -0.15) is 0 Å². The number of benzene rings is 1. The molecule has 1 heterocycles. The van der Waals surface area contributed by atoms with Crippen molar-refractivity contribution in [2.75, 3.05) is 33.1 Å². The van der Waals surface area contributed by atoms with Gasteiger partial charge in [0, 0.05) is 37.7 Å². The first kappa shape index (κ1) is 19.7. The van der Waals surface area contributed by atoms with Crippen LogP contribution in [0.1, 0.15) is 43.2 Å². The van der Waals surface area contributed by atoms with Crippen LogP contribution in [0.4, 0.5) is 0 Å². The van der Waals surface area contributed by atoms with Gasteiger partial charge in [0.1, 0.15) is 0 Å². The number of ether oxygens (including phenoxy) is 1. The van der Waals surface area contributed by atoms with E-state index in [-0.39, 0.29) is 5.92 Å². The van der Waals surface area contributed by atoms with Crippen molar-refractivity contribution in [1.29, 1.82) is 0 Å². The molecular formula is C21H32N2O2S. The molecule has 1 unspecified atom stereocenters. The van der Waals surface area contributed by atoms with Gasteiger partial charge in [-0.05, 0) is 68.5 Å². The molecule has 1 amide bonds. The minimum atomic E-state index is 0.159. The molecule has 4 nitrogen and oxygen atoms in total. The zero-order valence-electron chi connectivity index (χ0n) is 16.1. The van der Waals surface area contributed by atoms with Crippen molar-refractivity contribution in [3.63, 3.8) is 0 Å².